The van der Waals surface area contributed by atoms with Crippen molar-refractivity contribution in [3.8, 4) is 5.82 Å². The smallest absolute Gasteiger partial charge is 0.248 e. The number of nitrogen functional groups attached to an aromatic ring is 1. The summed E-state index contributed by atoms with van der Waals surface area (Å²) in [6.07, 6.45) is 1.69. The minimum atomic E-state index is 0.288. The maximum absolute atomic E-state index is 5.97. The first kappa shape index (κ1) is 16.5. The van der Waals surface area contributed by atoms with E-state index in [4.69, 9.17) is 10.5 Å². The molecule has 4 rings (SSSR count). The summed E-state index contributed by atoms with van der Waals surface area (Å²) < 4.78 is 6.91. The number of aromatic nitrogens is 4. The molecule has 3 aromatic rings. The molecule has 1 fully saturated rings. The first-order chi connectivity index (χ1) is 12.8. The van der Waals surface area contributed by atoms with Gasteiger partial charge >= 0.3 is 0 Å². The lowest BCUT2D eigenvalue weighted by Crippen LogP contribution is -2.35. The van der Waals surface area contributed by atoms with Gasteiger partial charge in [-0.15, -0.1) is 5.10 Å². The zero-order chi connectivity index (χ0) is 17.8. The number of ether oxygens (including phenoxy) is 1. The summed E-state index contributed by atoms with van der Waals surface area (Å²) in [6.45, 7) is 4.42. The van der Waals surface area contributed by atoms with E-state index in [9.17, 15) is 0 Å². The number of nitrogens with one attached hydrogen (secondary N) is 1. The molecule has 8 heteroatoms. The number of anilines is 3. The average molecular weight is 351 g/mol. The molecule has 134 valence electrons. The number of benzene rings is 1. The Hall–Kier alpha value is -2.97. The molecule has 0 saturated carbocycles. The molecule has 3 heterocycles. The van der Waals surface area contributed by atoms with Gasteiger partial charge in [0, 0.05) is 31.5 Å². The summed E-state index contributed by atoms with van der Waals surface area (Å²) >= 11 is 0. The van der Waals surface area contributed by atoms with Crippen LogP contribution in [0.2, 0.25) is 0 Å². The summed E-state index contributed by atoms with van der Waals surface area (Å²) in [5, 5.41) is 7.62. The van der Waals surface area contributed by atoms with Crippen molar-refractivity contribution in [2.75, 3.05) is 37.4 Å². The third-order valence-electron chi connectivity index (χ3n) is 4.19. The number of rotatable bonds is 5. The molecule has 3 N–H and O–H groups in total. The maximum Gasteiger partial charge on any atom is 0.248 e. The van der Waals surface area contributed by atoms with Gasteiger partial charge in [0.2, 0.25) is 11.9 Å². The molecule has 1 aliphatic rings. The van der Waals surface area contributed by atoms with Crippen molar-refractivity contribution in [1.82, 2.24) is 24.6 Å². The van der Waals surface area contributed by atoms with Crippen molar-refractivity contribution in [3.05, 3.63) is 54.2 Å². The third-order valence-corrected chi connectivity index (χ3v) is 4.19. The summed E-state index contributed by atoms with van der Waals surface area (Å²) in [5.74, 6) is 1.36. The minimum absolute atomic E-state index is 0.288. The zero-order valence-electron chi connectivity index (χ0n) is 14.4. The predicted molar refractivity (Wildman–Crippen MR) is 99.4 cm³/mol. The van der Waals surface area contributed by atoms with Gasteiger partial charge in [-0.25, -0.2) is 4.98 Å². The van der Waals surface area contributed by atoms with Crippen LogP contribution in [0, 0.1) is 0 Å². The average Bonchev–Trinajstić information content (AvgIpc) is 3.04. The SMILES string of the molecule is Nc1nc(Nc2cccc(CN3CCOCC3)c2)nn1-c1ccccn1. The lowest BCUT2D eigenvalue weighted by molar-refractivity contribution is 0.0342. The maximum atomic E-state index is 5.97. The summed E-state index contributed by atoms with van der Waals surface area (Å²) in [4.78, 5) is 10.9. The quantitative estimate of drug-likeness (QED) is 0.724. The largest absolute Gasteiger partial charge is 0.379 e. The molecular weight excluding hydrogens is 330 g/mol. The molecule has 1 saturated heterocycles. The molecule has 0 radical (unpaired) electrons. The fraction of sp³-hybridized carbons (Fsp3) is 0.278. The summed E-state index contributed by atoms with van der Waals surface area (Å²) in [5.41, 5.74) is 8.13. The van der Waals surface area contributed by atoms with Crippen LogP contribution in [0.15, 0.2) is 48.7 Å². The second-order valence-electron chi connectivity index (χ2n) is 6.11. The number of morpholine rings is 1. The van der Waals surface area contributed by atoms with Gasteiger partial charge < -0.3 is 15.8 Å². The summed E-state index contributed by atoms with van der Waals surface area (Å²) in [7, 11) is 0. The van der Waals surface area contributed by atoms with Crippen molar-refractivity contribution >= 4 is 17.6 Å². The van der Waals surface area contributed by atoms with E-state index >= 15 is 0 Å². The van der Waals surface area contributed by atoms with Crippen LogP contribution >= 0.6 is 0 Å². The highest BCUT2D eigenvalue weighted by Gasteiger charge is 2.12. The fourth-order valence-electron chi connectivity index (χ4n) is 2.92. The van der Waals surface area contributed by atoms with Crippen molar-refractivity contribution in [3.63, 3.8) is 0 Å². The first-order valence-corrected chi connectivity index (χ1v) is 8.58. The number of hydrogen-bond donors (Lipinski definition) is 2. The highest BCUT2D eigenvalue weighted by molar-refractivity contribution is 5.55. The molecule has 1 aliphatic heterocycles. The Kier molecular flexibility index (Phi) is 4.76. The topological polar surface area (TPSA) is 94.1 Å². The van der Waals surface area contributed by atoms with E-state index in [1.165, 1.54) is 10.2 Å². The Bertz CT molecular complexity index is 859. The number of nitrogens with zero attached hydrogens (tertiary/aromatic N) is 5. The fourth-order valence-corrected chi connectivity index (χ4v) is 2.92. The molecule has 0 amide bonds. The van der Waals surface area contributed by atoms with Gasteiger partial charge in [0.05, 0.1) is 13.2 Å². The van der Waals surface area contributed by atoms with Crippen LogP contribution < -0.4 is 11.1 Å². The molecule has 1 aromatic carbocycles. The van der Waals surface area contributed by atoms with Crippen molar-refractivity contribution in [2.45, 2.75) is 6.54 Å². The Morgan fingerprint density at radius 2 is 2.00 bits per heavy atom. The molecule has 0 spiro atoms. The van der Waals surface area contributed by atoms with Gasteiger partial charge in [-0.2, -0.15) is 9.67 Å². The number of hydrogen-bond acceptors (Lipinski definition) is 7. The normalized spacial score (nSPS) is 15.1. The molecule has 26 heavy (non-hydrogen) atoms. The lowest BCUT2D eigenvalue weighted by atomic mass is 10.2. The Morgan fingerprint density at radius 3 is 2.81 bits per heavy atom. The molecule has 2 aromatic heterocycles. The zero-order valence-corrected chi connectivity index (χ0v) is 14.4. The van der Waals surface area contributed by atoms with Crippen LogP contribution in [-0.2, 0) is 11.3 Å². The third kappa shape index (κ3) is 3.81. The van der Waals surface area contributed by atoms with Crippen molar-refractivity contribution in [1.29, 1.82) is 0 Å². The van der Waals surface area contributed by atoms with E-state index in [1.54, 1.807) is 6.20 Å². The summed E-state index contributed by atoms with van der Waals surface area (Å²) in [6, 6.07) is 13.8. The van der Waals surface area contributed by atoms with Gasteiger partial charge in [-0.1, -0.05) is 18.2 Å². The van der Waals surface area contributed by atoms with E-state index in [1.807, 2.05) is 30.3 Å². The molecule has 0 unspecified atom stereocenters. The number of nitrogens with two attached hydrogens (primary N) is 1. The van der Waals surface area contributed by atoms with Crippen LogP contribution in [0.4, 0.5) is 17.6 Å². The van der Waals surface area contributed by atoms with E-state index in [0.717, 1.165) is 38.5 Å². The van der Waals surface area contributed by atoms with E-state index in [2.05, 4.69) is 37.4 Å². The highest BCUT2D eigenvalue weighted by atomic mass is 16.5. The Labute approximate surface area is 151 Å². The minimum Gasteiger partial charge on any atom is -0.379 e. The van der Waals surface area contributed by atoms with Gasteiger partial charge in [0.25, 0.3) is 0 Å². The van der Waals surface area contributed by atoms with Gasteiger partial charge in [-0.05, 0) is 29.8 Å². The predicted octanol–water partition coefficient (Wildman–Crippen LogP) is 1.82. The van der Waals surface area contributed by atoms with E-state index in [-0.39, 0.29) is 5.95 Å². The van der Waals surface area contributed by atoms with E-state index in [0.29, 0.717) is 11.8 Å². The van der Waals surface area contributed by atoms with Crippen LogP contribution in [0.5, 0.6) is 0 Å². The molecule has 0 bridgehead atoms. The highest BCUT2D eigenvalue weighted by Crippen LogP contribution is 2.19. The van der Waals surface area contributed by atoms with Gasteiger partial charge in [0.15, 0.2) is 5.82 Å². The van der Waals surface area contributed by atoms with E-state index < -0.39 is 0 Å². The number of pyridine rings is 1. The van der Waals surface area contributed by atoms with Crippen LogP contribution in [0.3, 0.4) is 0 Å². The van der Waals surface area contributed by atoms with Crippen molar-refractivity contribution < 1.29 is 4.74 Å². The molecule has 8 nitrogen and oxygen atoms in total. The standard InChI is InChI=1S/C18H21N7O/c19-17-22-18(23-25(17)16-6-1-2-7-20-16)21-15-5-3-4-14(12-15)13-24-8-10-26-11-9-24/h1-7,12H,8-11,13H2,(H3,19,21,22,23). The Morgan fingerprint density at radius 1 is 1.12 bits per heavy atom. The Balaban J connectivity index is 1.48. The van der Waals surface area contributed by atoms with Crippen LogP contribution in [0.25, 0.3) is 5.82 Å². The van der Waals surface area contributed by atoms with Crippen molar-refractivity contribution in [2.24, 2.45) is 0 Å². The van der Waals surface area contributed by atoms with Gasteiger partial charge in [0.1, 0.15) is 0 Å². The second-order valence-corrected chi connectivity index (χ2v) is 6.11. The molecule has 0 atom stereocenters. The molecule has 0 aliphatic carbocycles. The van der Waals surface area contributed by atoms with Gasteiger partial charge in [-0.3, -0.25) is 4.90 Å². The monoisotopic (exact) mass is 351 g/mol. The second kappa shape index (κ2) is 7.51. The first-order valence-electron chi connectivity index (χ1n) is 8.58. The van der Waals surface area contributed by atoms with Crippen LogP contribution in [-0.4, -0.2) is 51.0 Å². The lowest BCUT2D eigenvalue weighted by Gasteiger charge is -2.26. The molecular formula is C18H21N7O. The van der Waals surface area contributed by atoms with Crippen LogP contribution in [0.1, 0.15) is 5.56 Å².